The van der Waals surface area contributed by atoms with Gasteiger partial charge in [0.15, 0.2) is 0 Å². The second-order valence-corrected chi connectivity index (χ2v) is 3.74. The van der Waals surface area contributed by atoms with E-state index in [1.165, 1.54) is 11.5 Å². The van der Waals surface area contributed by atoms with Crippen LogP contribution in [0.25, 0.3) is 0 Å². The van der Waals surface area contributed by atoms with Crippen LogP contribution in [0.15, 0.2) is 29.6 Å². The molecule has 6 heteroatoms. The zero-order chi connectivity index (χ0) is 11.4. The van der Waals surface area contributed by atoms with Crippen LogP contribution in [0.5, 0.6) is 0 Å². The predicted octanol–water partition coefficient (Wildman–Crippen LogP) is 1.85. The van der Waals surface area contributed by atoms with E-state index in [1.807, 2.05) is 5.38 Å². The molecule has 0 saturated carbocycles. The van der Waals surface area contributed by atoms with E-state index in [0.717, 1.165) is 11.4 Å². The lowest BCUT2D eigenvalue weighted by Crippen LogP contribution is -2.01. The van der Waals surface area contributed by atoms with E-state index in [4.69, 9.17) is 5.11 Å². The molecule has 2 rings (SSSR count). The Morgan fingerprint density at radius 1 is 1.38 bits per heavy atom. The van der Waals surface area contributed by atoms with E-state index in [-0.39, 0.29) is 5.56 Å². The van der Waals surface area contributed by atoms with Crippen molar-refractivity contribution in [1.29, 1.82) is 0 Å². The number of nitrogens with zero attached hydrogens (tertiary/aromatic N) is 2. The second-order valence-electron chi connectivity index (χ2n) is 3.13. The third-order valence-corrected chi connectivity index (χ3v) is 2.56. The van der Waals surface area contributed by atoms with E-state index in [0.29, 0.717) is 6.54 Å². The summed E-state index contributed by atoms with van der Waals surface area (Å²) in [7, 11) is 0. The molecule has 0 aliphatic heterocycles. The number of aromatic nitrogens is 2. The van der Waals surface area contributed by atoms with Crippen molar-refractivity contribution in [1.82, 2.24) is 9.59 Å². The Morgan fingerprint density at radius 2 is 2.12 bits per heavy atom. The monoisotopic (exact) mass is 235 g/mol. The summed E-state index contributed by atoms with van der Waals surface area (Å²) in [5, 5.41) is 17.6. The first kappa shape index (κ1) is 10.6. The molecule has 2 N–H and O–H groups in total. The largest absolute Gasteiger partial charge is 0.478 e. The fourth-order valence-corrected chi connectivity index (χ4v) is 1.64. The van der Waals surface area contributed by atoms with Crippen LogP contribution in [-0.2, 0) is 6.54 Å². The van der Waals surface area contributed by atoms with E-state index in [9.17, 15) is 4.79 Å². The van der Waals surface area contributed by atoms with Gasteiger partial charge in [-0.1, -0.05) is 4.49 Å². The number of benzene rings is 1. The molecule has 5 nitrogen and oxygen atoms in total. The first-order chi connectivity index (χ1) is 7.75. The third kappa shape index (κ3) is 2.54. The van der Waals surface area contributed by atoms with Gasteiger partial charge in [-0.15, -0.1) is 5.10 Å². The van der Waals surface area contributed by atoms with Gasteiger partial charge in [-0.05, 0) is 35.8 Å². The third-order valence-electron chi connectivity index (χ3n) is 2.01. The number of rotatable bonds is 4. The molecule has 0 unspecified atom stereocenters. The Morgan fingerprint density at radius 3 is 2.69 bits per heavy atom. The number of carboxylic acid groups (broad SMARTS) is 1. The van der Waals surface area contributed by atoms with Gasteiger partial charge in [-0.25, -0.2) is 4.79 Å². The van der Waals surface area contributed by atoms with Crippen molar-refractivity contribution in [2.24, 2.45) is 0 Å². The zero-order valence-corrected chi connectivity index (χ0v) is 9.07. The lowest BCUT2D eigenvalue weighted by atomic mass is 10.2. The molecule has 1 aromatic carbocycles. The van der Waals surface area contributed by atoms with Crippen molar-refractivity contribution in [3.8, 4) is 0 Å². The highest BCUT2D eigenvalue weighted by Crippen LogP contribution is 2.10. The summed E-state index contributed by atoms with van der Waals surface area (Å²) in [5.74, 6) is -0.921. The number of hydrogen-bond donors (Lipinski definition) is 2. The number of hydrogen-bond acceptors (Lipinski definition) is 5. The SMILES string of the molecule is O=C(O)c1ccc(NCc2csnn2)cc1. The normalized spacial score (nSPS) is 10.0. The van der Waals surface area contributed by atoms with Gasteiger partial charge in [0.1, 0.15) is 0 Å². The van der Waals surface area contributed by atoms with Gasteiger partial charge in [0, 0.05) is 11.1 Å². The fourth-order valence-electron chi connectivity index (χ4n) is 1.18. The molecule has 0 radical (unpaired) electrons. The molecular formula is C10H9N3O2S. The zero-order valence-electron chi connectivity index (χ0n) is 8.25. The van der Waals surface area contributed by atoms with Gasteiger partial charge in [0.25, 0.3) is 0 Å². The Balaban J connectivity index is 1.98. The Hall–Kier alpha value is -1.95. The molecule has 0 aliphatic rings. The van der Waals surface area contributed by atoms with Crippen LogP contribution in [0.1, 0.15) is 16.1 Å². The van der Waals surface area contributed by atoms with Crippen LogP contribution < -0.4 is 5.32 Å². The summed E-state index contributed by atoms with van der Waals surface area (Å²) in [6.45, 7) is 0.586. The number of carbonyl (C=O) groups is 1. The average Bonchev–Trinajstić information content (AvgIpc) is 2.80. The molecule has 0 saturated heterocycles. The van der Waals surface area contributed by atoms with Crippen molar-refractivity contribution in [2.45, 2.75) is 6.54 Å². The van der Waals surface area contributed by atoms with Crippen LogP contribution >= 0.6 is 11.5 Å². The smallest absolute Gasteiger partial charge is 0.335 e. The van der Waals surface area contributed by atoms with Gasteiger partial charge in [0.05, 0.1) is 17.8 Å². The molecular weight excluding hydrogens is 226 g/mol. The van der Waals surface area contributed by atoms with Crippen molar-refractivity contribution < 1.29 is 9.90 Å². The molecule has 82 valence electrons. The predicted molar refractivity (Wildman–Crippen MR) is 60.6 cm³/mol. The number of anilines is 1. The summed E-state index contributed by atoms with van der Waals surface area (Å²) in [6, 6.07) is 6.57. The van der Waals surface area contributed by atoms with E-state index in [2.05, 4.69) is 14.9 Å². The van der Waals surface area contributed by atoms with Gasteiger partial charge < -0.3 is 10.4 Å². The molecule has 1 aromatic heterocycles. The molecule has 0 aliphatic carbocycles. The van der Waals surface area contributed by atoms with Gasteiger partial charge in [-0.2, -0.15) is 0 Å². The highest BCUT2D eigenvalue weighted by Gasteiger charge is 2.01. The quantitative estimate of drug-likeness (QED) is 0.845. The molecule has 1 heterocycles. The highest BCUT2D eigenvalue weighted by atomic mass is 32.1. The van der Waals surface area contributed by atoms with Crippen LogP contribution in [-0.4, -0.2) is 20.7 Å². The minimum atomic E-state index is -0.921. The Kier molecular flexibility index (Phi) is 3.11. The van der Waals surface area contributed by atoms with Crippen molar-refractivity contribution in [3.63, 3.8) is 0 Å². The van der Waals surface area contributed by atoms with E-state index < -0.39 is 5.97 Å². The van der Waals surface area contributed by atoms with Crippen molar-refractivity contribution in [3.05, 3.63) is 40.9 Å². The summed E-state index contributed by atoms with van der Waals surface area (Å²) >= 11 is 1.30. The average molecular weight is 235 g/mol. The van der Waals surface area contributed by atoms with Crippen molar-refractivity contribution >= 4 is 23.2 Å². The van der Waals surface area contributed by atoms with Gasteiger partial charge >= 0.3 is 5.97 Å². The van der Waals surface area contributed by atoms with Crippen LogP contribution in [0.4, 0.5) is 5.69 Å². The van der Waals surface area contributed by atoms with Crippen LogP contribution in [0, 0.1) is 0 Å². The summed E-state index contributed by atoms with van der Waals surface area (Å²) in [5.41, 5.74) is 2.01. The molecule has 0 bridgehead atoms. The fraction of sp³-hybridized carbons (Fsp3) is 0.100. The highest BCUT2D eigenvalue weighted by molar-refractivity contribution is 7.03. The van der Waals surface area contributed by atoms with E-state index >= 15 is 0 Å². The van der Waals surface area contributed by atoms with Crippen LogP contribution in [0.3, 0.4) is 0 Å². The summed E-state index contributed by atoms with van der Waals surface area (Å²) < 4.78 is 3.75. The van der Waals surface area contributed by atoms with E-state index in [1.54, 1.807) is 24.3 Å². The van der Waals surface area contributed by atoms with Crippen molar-refractivity contribution in [2.75, 3.05) is 5.32 Å². The standard InChI is InChI=1S/C10H9N3O2S/c14-10(15)7-1-3-8(4-2-7)11-5-9-6-16-13-12-9/h1-4,6,11H,5H2,(H,14,15). The number of aromatic carboxylic acids is 1. The van der Waals surface area contributed by atoms with Gasteiger partial charge in [0.2, 0.25) is 0 Å². The number of nitrogens with one attached hydrogen (secondary N) is 1. The maximum absolute atomic E-state index is 10.6. The summed E-state index contributed by atoms with van der Waals surface area (Å²) in [6.07, 6.45) is 0. The molecule has 16 heavy (non-hydrogen) atoms. The lowest BCUT2D eigenvalue weighted by molar-refractivity contribution is 0.0697. The minimum absolute atomic E-state index is 0.279. The first-order valence-corrected chi connectivity index (χ1v) is 5.42. The maximum atomic E-state index is 10.6. The molecule has 0 fully saturated rings. The Bertz CT molecular complexity index is 467. The number of carboxylic acids is 1. The maximum Gasteiger partial charge on any atom is 0.335 e. The first-order valence-electron chi connectivity index (χ1n) is 4.59. The molecule has 0 spiro atoms. The Labute approximate surface area is 95.9 Å². The minimum Gasteiger partial charge on any atom is -0.478 e. The van der Waals surface area contributed by atoms with Gasteiger partial charge in [-0.3, -0.25) is 0 Å². The van der Waals surface area contributed by atoms with Crippen LogP contribution in [0.2, 0.25) is 0 Å². The molecule has 2 aromatic rings. The topological polar surface area (TPSA) is 75.1 Å². The second kappa shape index (κ2) is 4.71. The summed E-state index contributed by atoms with van der Waals surface area (Å²) in [4.78, 5) is 10.6. The lowest BCUT2D eigenvalue weighted by Gasteiger charge is -2.03. The molecule has 0 amide bonds. The molecule has 0 atom stereocenters.